The summed E-state index contributed by atoms with van der Waals surface area (Å²) >= 11 is 0. The Kier molecular flexibility index (Phi) is 3.52. The van der Waals surface area contributed by atoms with Crippen molar-refractivity contribution in [3.8, 4) is 0 Å². The summed E-state index contributed by atoms with van der Waals surface area (Å²) in [4.78, 5) is 41.3. The Morgan fingerprint density at radius 3 is 2.56 bits per heavy atom. The first-order valence-electron chi connectivity index (χ1n) is 9.70. The first-order valence-corrected chi connectivity index (χ1v) is 9.70. The summed E-state index contributed by atoms with van der Waals surface area (Å²) < 4.78 is 0. The zero-order valence-electron chi connectivity index (χ0n) is 15.1. The lowest BCUT2D eigenvalue weighted by Crippen LogP contribution is -2.55. The van der Waals surface area contributed by atoms with Crippen LogP contribution in [0.15, 0.2) is 24.3 Å². The van der Waals surface area contributed by atoms with Gasteiger partial charge in [-0.05, 0) is 25.8 Å². The molecule has 1 aromatic rings. The third kappa shape index (κ3) is 2.01. The number of likely N-dealkylation sites (tertiary alicyclic amines) is 1. The number of benzene rings is 1. The SMILES string of the molecule is C[C@H](O)[C@H]1N[C@]2(C(=O)Nc3ccccc32)[C@@H]2C(=O)N(C3CCCC3)C(=O)[C@H]12. The van der Waals surface area contributed by atoms with Gasteiger partial charge in [-0.15, -0.1) is 0 Å². The maximum absolute atomic E-state index is 13.5. The Hall–Kier alpha value is -2.25. The van der Waals surface area contributed by atoms with E-state index in [1.54, 1.807) is 13.0 Å². The Morgan fingerprint density at radius 1 is 1.15 bits per heavy atom. The van der Waals surface area contributed by atoms with E-state index in [1.165, 1.54) is 4.90 Å². The van der Waals surface area contributed by atoms with Crippen LogP contribution < -0.4 is 10.6 Å². The molecule has 2 saturated heterocycles. The summed E-state index contributed by atoms with van der Waals surface area (Å²) in [6, 6.07) is 6.53. The number of hydrogen-bond acceptors (Lipinski definition) is 5. The molecule has 3 aliphatic heterocycles. The summed E-state index contributed by atoms with van der Waals surface area (Å²) in [6.07, 6.45) is 2.78. The highest BCUT2D eigenvalue weighted by Gasteiger charge is 2.71. The fraction of sp³-hybridized carbons (Fsp3) is 0.550. The minimum atomic E-state index is -1.30. The third-order valence-electron chi connectivity index (χ3n) is 6.80. The van der Waals surface area contributed by atoms with Crippen molar-refractivity contribution in [1.29, 1.82) is 0 Å². The van der Waals surface area contributed by atoms with Gasteiger partial charge in [0.1, 0.15) is 5.54 Å². The molecule has 1 spiro atoms. The first kappa shape index (κ1) is 16.9. The highest BCUT2D eigenvalue weighted by atomic mass is 16.3. The highest BCUT2D eigenvalue weighted by molar-refractivity contribution is 6.15. The van der Waals surface area contributed by atoms with Crippen LogP contribution in [0.2, 0.25) is 0 Å². The minimum absolute atomic E-state index is 0.0815. The van der Waals surface area contributed by atoms with Crippen LogP contribution in [0, 0.1) is 11.8 Å². The van der Waals surface area contributed by atoms with E-state index in [0.29, 0.717) is 11.3 Å². The topological polar surface area (TPSA) is 98.7 Å². The third-order valence-corrected chi connectivity index (χ3v) is 6.80. The second-order valence-corrected chi connectivity index (χ2v) is 8.21. The monoisotopic (exact) mass is 369 g/mol. The Labute approximate surface area is 157 Å². The largest absolute Gasteiger partial charge is 0.392 e. The molecule has 1 saturated carbocycles. The number of imide groups is 1. The number of anilines is 1. The molecule has 3 N–H and O–H groups in total. The van der Waals surface area contributed by atoms with Crippen LogP contribution >= 0.6 is 0 Å². The number of fused-ring (bicyclic) bond motifs is 4. The zero-order valence-corrected chi connectivity index (χ0v) is 15.1. The van der Waals surface area contributed by atoms with Crippen LogP contribution in [-0.2, 0) is 19.9 Å². The van der Waals surface area contributed by atoms with Crippen molar-refractivity contribution >= 4 is 23.4 Å². The number of para-hydroxylation sites is 1. The van der Waals surface area contributed by atoms with Gasteiger partial charge >= 0.3 is 0 Å². The molecule has 1 aromatic carbocycles. The van der Waals surface area contributed by atoms with Crippen LogP contribution in [0.4, 0.5) is 5.69 Å². The quantitative estimate of drug-likeness (QED) is 0.668. The number of aliphatic hydroxyl groups is 1. The second kappa shape index (κ2) is 5.62. The number of aliphatic hydroxyl groups excluding tert-OH is 1. The molecule has 7 heteroatoms. The van der Waals surface area contributed by atoms with Gasteiger partial charge in [-0.25, -0.2) is 0 Å². The van der Waals surface area contributed by atoms with E-state index in [9.17, 15) is 19.5 Å². The molecular weight excluding hydrogens is 346 g/mol. The van der Waals surface area contributed by atoms with Gasteiger partial charge in [-0.3, -0.25) is 24.6 Å². The average Bonchev–Trinajstić information content (AvgIpc) is 3.37. The molecule has 5 atom stereocenters. The fourth-order valence-corrected chi connectivity index (χ4v) is 5.65. The number of rotatable bonds is 2. The molecule has 4 aliphatic rings. The smallest absolute Gasteiger partial charge is 0.250 e. The molecule has 142 valence electrons. The van der Waals surface area contributed by atoms with Crippen molar-refractivity contribution in [3.05, 3.63) is 29.8 Å². The van der Waals surface area contributed by atoms with Crippen molar-refractivity contribution < 1.29 is 19.5 Å². The maximum Gasteiger partial charge on any atom is 0.250 e. The number of nitrogens with one attached hydrogen (secondary N) is 2. The van der Waals surface area contributed by atoms with Crippen LogP contribution in [-0.4, -0.2) is 45.9 Å². The van der Waals surface area contributed by atoms with E-state index in [4.69, 9.17) is 0 Å². The minimum Gasteiger partial charge on any atom is -0.392 e. The summed E-state index contributed by atoms with van der Waals surface area (Å²) in [5.74, 6) is -2.40. The number of nitrogens with zero attached hydrogens (tertiary/aromatic N) is 1. The van der Waals surface area contributed by atoms with Gasteiger partial charge in [-0.2, -0.15) is 0 Å². The van der Waals surface area contributed by atoms with Gasteiger partial charge in [0.2, 0.25) is 17.7 Å². The summed E-state index contributed by atoms with van der Waals surface area (Å²) in [5.41, 5.74) is 0.0327. The second-order valence-electron chi connectivity index (χ2n) is 8.21. The predicted molar refractivity (Wildman–Crippen MR) is 96.4 cm³/mol. The standard InChI is InChI=1S/C20H23N3O4/c1-10(24)16-14-15(18(26)23(17(14)25)11-6-2-3-7-11)20(22-16)12-8-4-5-9-13(12)21-19(20)27/h4-5,8-11,14-16,22,24H,2-3,6-7H2,1H3,(H,21,27)/t10-,14-,15-,16+,20-/m0/s1. The van der Waals surface area contributed by atoms with Gasteiger partial charge in [0, 0.05) is 23.3 Å². The normalized spacial score (nSPS) is 36.4. The van der Waals surface area contributed by atoms with Gasteiger partial charge in [0.15, 0.2) is 0 Å². The average molecular weight is 369 g/mol. The van der Waals surface area contributed by atoms with Gasteiger partial charge < -0.3 is 10.4 Å². The van der Waals surface area contributed by atoms with Crippen molar-refractivity contribution in [3.63, 3.8) is 0 Å². The lowest BCUT2D eigenvalue weighted by Gasteiger charge is -2.31. The molecule has 27 heavy (non-hydrogen) atoms. The maximum atomic E-state index is 13.5. The molecule has 0 aromatic heterocycles. The van der Waals surface area contributed by atoms with E-state index in [1.807, 2.05) is 18.2 Å². The molecule has 7 nitrogen and oxygen atoms in total. The summed E-state index contributed by atoms with van der Waals surface area (Å²) in [5, 5.41) is 16.4. The summed E-state index contributed by atoms with van der Waals surface area (Å²) in [7, 11) is 0. The molecule has 0 bridgehead atoms. The summed E-state index contributed by atoms with van der Waals surface area (Å²) in [6.45, 7) is 1.60. The van der Waals surface area contributed by atoms with Crippen molar-refractivity contribution in [1.82, 2.24) is 10.2 Å². The molecule has 3 heterocycles. The molecule has 0 unspecified atom stereocenters. The molecule has 5 rings (SSSR count). The van der Waals surface area contributed by atoms with Gasteiger partial charge in [0.05, 0.1) is 17.9 Å². The van der Waals surface area contributed by atoms with Gasteiger partial charge in [-0.1, -0.05) is 31.0 Å². The van der Waals surface area contributed by atoms with Crippen LogP contribution in [0.3, 0.4) is 0 Å². The lowest BCUT2D eigenvalue weighted by molar-refractivity contribution is -0.145. The number of amides is 3. The number of hydrogen-bond donors (Lipinski definition) is 3. The molecule has 3 amide bonds. The van der Waals surface area contributed by atoms with Crippen LogP contribution in [0.5, 0.6) is 0 Å². The predicted octanol–water partition coefficient (Wildman–Crippen LogP) is 0.730. The van der Waals surface area contributed by atoms with Crippen LogP contribution in [0.1, 0.15) is 38.2 Å². The zero-order chi connectivity index (χ0) is 18.9. The van der Waals surface area contributed by atoms with Crippen molar-refractivity contribution in [2.24, 2.45) is 11.8 Å². The lowest BCUT2D eigenvalue weighted by atomic mass is 9.76. The number of carbonyl (C=O) groups is 3. The van der Waals surface area contributed by atoms with E-state index < -0.39 is 29.5 Å². The van der Waals surface area contributed by atoms with E-state index >= 15 is 0 Å². The Balaban J connectivity index is 1.66. The highest BCUT2D eigenvalue weighted by Crippen LogP contribution is 2.54. The molecular formula is C20H23N3O4. The van der Waals surface area contributed by atoms with E-state index in [0.717, 1.165) is 25.7 Å². The fourth-order valence-electron chi connectivity index (χ4n) is 5.65. The number of carbonyl (C=O) groups excluding carboxylic acids is 3. The Bertz CT molecular complexity index is 847. The van der Waals surface area contributed by atoms with Crippen molar-refractivity contribution in [2.45, 2.75) is 56.3 Å². The van der Waals surface area contributed by atoms with E-state index in [2.05, 4.69) is 10.6 Å². The molecule has 0 radical (unpaired) electrons. The molecule has 3 fully saturated rings. The Morgan fingerprint density at radius 2 is 1.85 bits per heavy atom. The van der Waals surface area contributed by atoms with Crippen LogP contribution in [0.25, 0.3) is 0 Å². The van der Waals surface area contributed by atoms with Gasteiger partial charge in [0.25, 0.3) is 0 Å². The molecule has 1 aliphatic carbocycles. The first-order chi connectivity index (χ1) is 13.0. The van der Waals surface area contributed by atoms with Crippen molar-refractivity contribution in [2.75, 3.05) is 5.32 Å². The van der Waals surface area contributed by atoms with E-state index in [-0.39, 0.29) is 23.8 Å².